The molecule has 2 aromatic rings. The van der Waals surface area contributed by atoms with Gasteiger partial charge in [-0.3, -0.25) is 0 Å². The number of carbonyl (C=O) groups is 1. The van der Waals surface area contributed by atoms with Gasteiger partial charge in [0.2, 0.25) is 0 Å². The topological polar surface area (TPSA) is 38.3 Å². The fourth-order valence-electron chi connectivity index (χ4n) is 1.68. The van der Waals surface area contributed by atoms with Crippen molar-refractivity contribution in [2.24, 2.45) is 0 Å². The van der Waals surface area contributed by atoms with Gasteiger partial charge in [-0.2, -0.15) is 0 Å². The molecule has 4 heteroatoms. The van der Waals surface area contributed by atoms with Crippen LogP contribution in [0.25, 0.3) is 10.4 Å². The number of benzene rings is 1. The van der Waals surface area contributed by atoms with Crippen molar-refractivity contribution in [1.82, 2.24) is 0 Å². The van der Waals surface area contributed by atoms with Gasteiger partial charge in [-0.25, -0.2) is 4.79 Å². The van der Waals surface area contributed by atoms with Gasteiger partial charge in [-0.05, 0) is 18.6 Å². The highest BCUT2D eigenvalue weighted by Gasteiger charge is 2.16. The Bertz CT molecular complexity index is 558. The standard InChI is InChI=1S/C14H15NO2S/c1-9-4-6-10(7-5-9)12-8-11(15-2)13(18-12)14(16)17-3/h4-8,15H,1-3H3. The maximum atomic E-state index is 11.6. The van der Waals surface area contributed by atoms with Crippen LogP contribution in [0.4, 0.5) is 5.69 Å². The molecular formula is C14H15NO2S. The number of hydrogen-bond donors (Lipinski definition) is 1. The second-order valence-electron chi connectivity index (χ2n) is 3.96. The van der Waals surface area contributed by atoms with E-state index in [1.807, 2.05) is 6.07 Å². The van der Waals surface area contributed by atoms with Crippen LogP contribution in [-0.2, 0) is 4.74 Å². The number of rotatable bonds is 3. The maximum Gasteiger partial charge on any atom is 0.350 e. The van der Waals surface area contributed by atoms with Crippen LogP contribution >= 0.6 is 11.3 Å². The van der Waals surface area contributed by atoms with Crippen molar-refractivity contribution in [1.29, 1.82) is 0 Å². The fraction of sp³-hybridized carbons (Fsp3) is 0.214. The molecule has 1 aromatic heterocycles. The lowest BCUT2D eigenvalue weighted by atomic mass is 10.1. The second kappa shape index (κ2) is 5.23. The molecule has 0 aliphatic rings. The molecule has 3 nitrogen and oxygen atoms in total. The first-order valence-corrected chi connectivity index (χ1v) is 6.44. The molecule has 0 fully saturated rings. The summed E-state index contributed by atoms with van der Waals surface area (Å²) in [6.45, 7) is 2.05. The van der Waals surface area contributed by atoms with Crippen molar-refractivity contribution in [3.05, 3.63) is 40.8 Å². The van der Waals surface area contributed by atoms with Crippen LogP contribution in [0.5, 0.6) is 0 Å². The molecule has 0 amide bonds. The molecule has 0 spiro atoms. The first-order chi connectivity index (χ1) is 8.65. The molecule has 0 unspecified atom stereocenters. The van der Waals surface area contributed by atoms with E-state index < -0.39 is 0 Å². The van der Waals surface area contributed by atoms with Gasteiger partial charge in [0.15, 0.2) is 0 Å². The van der Waals surface area contributed by atoms with Crippen LogP contribution in [0.1, 0.15) is 15.2 Å². The zero-order valence-electron chi connectivity index (χ0n) is 10.6. The Kier molecular flexibility index (Phi) is 3.67. The minimum atomic E-state index is -0.303. The number of esters is 1. The predicted molar refractivity (Wildman–Crippen MR) is 75.4 cm³/mol. The third kappa shape index (κ3) is 2.38. The van der Waals surface area contributed by atoms with E-state index in [0.717, 1.165) is 16.1 Å². The maximum absolute atomic E-state index is 11.6. The molecule has 0 atom stereocenters. The molecule has 0 aliphatic heterocycles. The average molecular weight is 261 g/mol. The van der Waals surface area contributed by atoms with Crippen LogP contribution in [0.3, 0.4) is 0 Å². The third-order valence-corrected chi connectivity index (χ3v) is 3.87. The predicted octanol–water partition coefficient (Wildman–Crippen LogP) is 3.55. The zero-order chi connectivity index (χ0) is 13.1. The highest BCUT2D eigenvalue weighted by molar-refractivity contribution is 7.18. The normalized spacial score (nSPS) is 10.2. The smallest absolute Gasteiger partial charge is 0.350 e. The van der Waals surface area contributed by atoms with Crippen molar-refractivity contribution in [2.75, 3.05) is 19.5 Å². The van der Waals surface area contributed by atoms with Crippen LogP contribution < -0.4 is 5.32 Å². The molecule has 1 N–H and O–H groups in total. The van der Waals surface area contributed by atoms with E-state index in [1.54, 1.807) is 7.05 Å². The van der Waals surface area contributed by atoms with Crippen LogP contribution in [0.2, 0.25) is 0 Å². The largest absolute Gasteiger partial charge is 0.465 e. The van der Waals surface area contributed by atoms with Crippen molar-refractivity contribution >= 4 is 23.0 Å². The summed E-state index contributed by atoms with van der Waals surface area (Å²) in [4.78, 5) is 13.3. The van der Waals surface area contributed by atoms with Crippen molar-refractivity contribution in [2.45, 2.75) is 6.92 Å². The zero-order valence-corrected chi connectivity index (χ0v) is 11.4. The number of anilines is 1. The monoisotopic (exact) mass is 261 g/mol. The van der Waals surface area contributed by atoms with E-state index in [2.05, 4.69) is 36.5 Å². The van der Waals surface area contributed by atoms with Crippen molar-refractivity contribution in [3.63, 3.8) is 0 Å². The summed E-state index contributed by atoms with van der Waals surface area (Å²) in [5.41, 5.74) is 3.14. The highest BCUT2D eigenvalue weighted by atomic mass is 32.1. The Balaban J connectivity index is 2.43. The minimum absolute atomic E-state index is 0.303. The van der Waals surface area contributed by atoms with Gasteiger partial charge in [0.05, 0.1) is 12.8 Å². The van der Waals surface area contributed by atoms with E-state index in [-0.39, 0.29) is 5.97 Å². The van der Waals surface area contributed by atoms with Gasteiger partial charge in [-0.15, -0.1) is 11.3 Å². The van der Waals surface area contributed by atoms with Gasteiger partial charge in [0, 0.05) is 11.9 Å². The summed E-state index contributed by atoms with van der Waals surface area (Å²) < 4.78 is 4.78. The summed E-state index contributed by atoms with van der Waals surface area (Å²) in [7, 11) is 3.19. The molecular weight excluding hydrogens is 246 g/mol. The number of hydrogen-bond acceptors (Lipinski definition) is 4. The molecule has 1 aromatic carbocycles. The molecule has 0 saturated carbocycles. The molecule has 2 rings (SSSR count). The summed E-state index contributed by atoms with van der Waals surface area (Å²) in [6, 6.07) is 10.2. The third-order valence-electron chi connectivity index (χ3n) is 2.71. The molecule has 0 aliphatic carbocycles. The Morgan fingerprint density at radius 2 is 1.94 bits per heavy atom. The van der Waals surface area contributed by atoms with E-state index in [9.17, 15) is 4.79 Å². The molecule has 18 heavy (non-hydrogen) atoms. The first-order valence-electron chi connectivity index (χ1n) is 5.62. The van der Waals surface area contributed by atoms with E-state index in [1.165, 1.54) is 24.0 Å². The number of carbonyl (C=O) groups excluding carboxylic acids is 1. The second-order valence-corrected chi connectivity index (χ2v) is 5.01. The van der Waals surface area contributed by atoms with Gasteiger partial charge in [-0.1, -0.05) is 29.8 Å². The average Bonchev–Trinajstić information content (AvgIpc) is 2.82. The Morgan fingerprint density at radius 1 is 1.28 bits per heavy atom. The lowest BCUT2D eigenvalue weighted by Gasteiger charge is -1.98. The fourth-order valence-corrected chi connectivity index (χ4v) is 2.77. The molecule has 0 saturated heterocycles. The molecule has 1 heterocycles. The Labute approximate surface area is 110 Å². The molecule has 94 valence electrons. The van der Waals surface area contributed by atoms with Crippen LogP contribution in [0.15, 0.2) is 30.3 Å². The summed E-state index contributed by atoms with van der Waals surface area (Å²) >= 11 is 1.44. The minimum Gasteiger partial charge on any atom is -0.465 e. The van der Waals surface area contributed by atoms with Gasteiger partial charge >= 0.3 is 5.97 Å². The lowest BCUT2D eigenvalue weighted by Crippen LogP contribution is -2.01. The number of ether oxygens (including phenoxy) is 1. The Morgan fingerprint density at radius 3 is 2.50 bits per heavy atom. The lowest BCUT2D eigenvalue weighted by molar-refractivity contribution is 0.0607. The van der Waals surface area contributed by atoms with Crippen molar-refractivity contribution in [3.8, 4) is 10.4 Å². The van der Waals surface area contributed by atoms with Gasteiger partial charge in [0.1, 0.15) is 4.88 Å². The number of thiophene rings is 1. The highest BCUT2D eigenvalue weighted by Crippen LogP contribution is 2.35. The summed E-state index contributed by atoms with van der Waals surface area (Å²) in [5.74, 6) is -0.303. The number of aryl methyl sites for hydroxylation is 1. The van der Waals surface area contributed by atoms with E-state index in [0.29, 0.717) is 4.88 Å². The van der Waals surface area contributed by atoms with Crippen molar-refractivity contribution < 1.29 is 9.53 Å². The quantitative estimate of drug-likeness (QED) is 0.859. The van der Waals surface area contributed by atoms with Crippen LogP contribution in [0, 0.1) is 6.92 Å². The summed E-state index contributed by atoms with van der Waals surface area (Å²) in [6.07, 6.45) is 0. The van der Waals surface area contributed by atoms with Gasteiger partial charge < -0.3 is 10.1 Å². The summed E-state index contributed by atoms with van der Waals surface area (Å²) in [5, 5.41) is 3.02. The van der Waals surface area contributed by atoms with E-state index in [4.69, 9.17) is 4.74 Å². The SMILES string of the molecule is CNc1cc(-c2ccc(C)cc2)sc1C(=O)OC. The Hall–Kier alpha value is -1.81. The number of nitrogens with one attached hydrogen (secondary N) is 1. The first kappa shape index (κ1) is 12.6. The molecule has 0 bridgehead atoms. The van der Waals surface area contributed by atoms with Crippen LogP contribution in [-0.4, -0.2) is 20.1 Å². The van der Waals surface area contributed by atoms with Gasteiger partial charge in [0.25, 0.3) is 0 Å². The van der Waals surface area contributed by atoms with E-state index >= 15 is 0 Å². The molecule has 0 radical (unpaired) electrons. The number of methoxy groups -OCH3 is 1.